The van der Waals surface area contributed by atoms with Crippen LogP contribution in [-0.2, 0) is 0 Å². The molecule has 6 nitrogen and oxygen atoms in total. The number of aromatic nitrogens is 1. The summed E-state index contributed by atoms with van der Waals surface area (Å²) in [7, 11) is 1.84. The molecule has 0 aliphatic carbocycles. The fourth-order valence-electron chi connectivity index (χ4n) is 1.72. The highest BCUT2D eigenvalue weighted by atomic mass is 35.5. The van der Waals surface area contributed by atoms with Crippen LogP contribution in [0.25, 0.3) is 0 Å². The van der Waals surface area contributed by atoms with Crippen molar-refractivity contribution in [3.63, 3.8) is 0 Å². The molecule has 0 amide bonds. The van der Waals surface area contributed by atoms with E-state index in [1.54, 1.807) is 12.1 Å². The zero-order valence-corrected chi connectivity index (χ0v) is 12.3. The van der Waals surface area contributed by atoms with E-state index in [0.29, 0.717) is 5.75 Å². The van der Waals surface area contributed by atoms with E-state index in [1.165, 1.54) is 24.4 Å². The first-order valence-corrected chi connectivity index (χ1v) is 6.64. The quantitative estimate of drug-likeness (QED) is 0.673. The van der Waals surface area contributed by atoms with Crippen LogP contribution < -0.4 is 10.1 Å². The third-order valence-corrected chi connectivity index (χ3v) is 3.30. The molecule has 1 unspecified atom stereocenters. The summed E-state index contributed by atoms with van der Waals surface area (Å²) in [5, 5.41) is 14.2. The van der Waals surface area contributed by atoms with Gasteiger partial charge in [-0.1, -0.05) is 17.7 Å². The van der Waals surface area contributed by atoms with Crippen molar-refractivity contribution in [3.8, 4) is 11.5 Å². The minimum absolute atomic E-state index is 0.0142. The van der Waals surface area contributed by atoms with E-state index in [0.717, 1.165) is 5.69 Å². The van der Waals surface area contributed by atoms with Gasteiger partial charge in [0.15, 0.2) is 0 Å². The van der Waals surface area contributed by atoms with Crippen molar-refractivity contribution in [2.45, 2.75) is 13.0 Å². The Morgan fingerprint density at radius 1 is 1.38 bits per heavy atom. The number of rotatable bonds is 5. The van der Waals surface area contributed by atoms with Gasteiger partial charge in [0.1, 0.15) is 5.75 Å². The highest BCUT2D eigenvalue weighted by Gasteiger charge is 2.19. The number of hydrogen-bond donors (Lipinski definition) is 1. The lowest BCUT2D eigenvalue weighted by Gasteiger charge is -2.11. The second-order valence-electron chi connectivity index (χ2n) is 4.38. The number of nitrogens with one attached hydrogen (secondary N) is 1. The third-order valence-electron chi connectivity index (χ3n) is 3.00. The van der Waals surface area contributed by atoms with Crippen LogP contribution >= 0.6 is 11.6 Å². The van der Waals surface area contributed by atoms with Crippen LogP contribution in [-0.4, -0.2) is 17.0 Å². The molecule has 110 valence electrons. The Labute approximate surface area is 126 Å². The number of halogens is 1. The van der Waals surface area contributed by atoms with Gasteiger partial charge >= 0.3 is 5.69 Å². The van der Waals surface area contributed by atoms with E-state index in [2.05, 4.69) is 10.3 Å². The molecule has 0 aliphatic rings. The molecule has 0 fully saturated rings. The molecule has 0 saturated heterocycles. The van der Waals surface area contributed by atoms with Gasteiger partial charge in [0.2, 0.25) is 5.75 Å². The van der Waals surface area contributed by atoms with Crippen LogP contribution in [0.1, 0.15) is 18.7 Å². The van der Waals surface area contributed by atoms with E-state index < -0.39 is 4.92 Å². The number of nitro groups is 1. The predicted octanol–water partition coefficient (Wildman–Crippen LogP) is 3.72. The van der Waals surface area contributed by atoms with Gasteiger partial charge in [0.25, 0.3) is 0 Å². The van der Waals surface area contributed by atoms with Gasteiger partial charge in [-0.3, -0.25) is 15.1 Å². The summed E-state index contributed by atoms with van der Waals surface area (Å²) in [6.07, 6.45) is 1.51. The fourth-order valence-corrected chi connectivity index (χ4v) is 1.92. The van der Waals surface area contributed by atoms with Crippen molar-refractivity contribution in [1.82, 2.24) is 10.3 Å². The van der Waals surface area contributed by atoms with Crippen LogP contribution in [0.2, 0.25) is 5.02 Å². The van der Waals surface area contributed by atoms with E-state index >= 15 is 0 Å². The molecule has 0 bridgehead atoms. The zero-order chi connectivity index (χ0) is 15.4. The van der Waals surface area contributed by atoms with Gasteiger partial charge in [-0.25, -0.2) is 0 Å². The minimum atomic E-state index is -0.536. The Balaban J connectivity index is 2.28. The summed E-state index contributed by atoms with van der Waals surface area (Å²) in [5.41, 5.74) is 0.661. The molecule has 2 aromatic rings. The van der Waals surface area contributed by atoms with Gasteiger partial charge in [-0.15, -0.1) is 0 Å². The summed E-state index contributed by atoms with van der Waals surface area (Å²) in [6.45, 7) is 1.97. The molecular weight excluding hydrogens is 294 g/mol. The van der Waals surface area contributed by atoms with Gasteiger partial charge in [-0.05, 0) is 32.2 Å². The average Bonchev–Trinajstić information content (AvgIpc) is 2.49. The number of nitrogens with zero attached hydrogens (tertiary/aromatic N) is 2. The van der Waals surface area contributed by atoms with Gasteiger partial charge in [0, 0.05) is 12.1 Å². The number of ether oxygens (including phenoxy) is 1. The lowest BCUT2D eigenvalue weighted by Crippen LogP contribution is -2.13. The molecule has 1 aromatic carbocycles. The lowest BCUT2D eigenvalue weighted by molar-refractivity contribution is -0.385. The predicted molar refractivity (Wildman–Crippen MR) is 79.9 cm³/mol. The highest BCUT2D eigenvalue weighted by molar-refractivity contribution is 6.32. The molecule has 1 atom stereocenters. The summed E-state index contributed by atoms with van der Waals surface area (Å²) in [5.74, 6) is 0.402. The monoisotopic (exact) mass is 307 g/mol. The largest absolute Gasteiger partial charge is 0.447 e. The SMILES string of the molecule is CNC(C)c1ccc(Oc2c(Cl)cccc2[N+](=O)[O-])cn1. The first-order chi connectivity index (χ1) is 10.0. The van der Waals surface area contributed by atoms with E-state index in [-0.39, 0.29) is 22.5 Å². The standard InChI is InChI=1S/C14H14ClN3O3/c1-9(16-2)12-7-6-10(8-17-12)21-14-11(15)4-3-5-13(14)18(19)20/h3-9,16H,1-2H3. The molecule has 2 rings (SSSR count). The zero-order valence-electron chi connectivity index (χ0n) is 11.5. The van der Waals surface area contributed by atoms with Crippen LogP contribution in [0.4, 0.5) is 5.69 Å². The van der Waals surface area contributed by atoms with Gasteiger partial charge in [-0.2, -0.15) is 0 Å². The lowest BCUT2D eigenvalue weighted by atomic mass is 10.2. The van der Waals surface area contributed by atoms with Gasteiger partial charge in [0.05, 0.1) is 21.8 Å². The maximum Gasteiger partial charge on any atom is 0.313 e. The molecule has 0 saturated carbocycles. The molecule has 1 aromatic heterocycles. The molecule has 1 heterocycles. The Hall–Kier alpha value is -2.18. The van der Waals surface area contributed by atoms with Crippen molar-refractivity contribution in [1.29, 1.82) is 0 Å². The summed E-state index contributed by atoms with van der Waals surface area (Å²) in [6, 6.07) is 7.97. The molecule has 1 N–H and O–H groups in total. The van der Waals surface area contributed by atoms with Gasteiger partial charge < -0.3 is 10.1 Å². The Morgan fingerprint density at radius 2 is 2.14 bits per heavy atom. The van der Waals surface area contributed by atoms with Crippen molar-refractivity contribution in [2.75, 3.05) is 7.05 Å². The normalized spacial score (nSPS) is 12.0. The smallest absolute Gasteiger partial charge is 0.313 e. The molecule has 0 aliphatic heterocycles. The van der Waals surface area contributed by atoms with Crippen molar-refractivity contribution >= 4 is 17.3 Å². The van der Waals surface area contributed by atoms with E-state index in [1.807, 2.05) is 14.0 Å². The number of para-hydroxylation sites is 1. The van der Waals surface area contributed by atoms with Crippen LogP contribution in [0, 0.1) is 10.1 Å². The van der Waals surface area contributed by atoms with Crippen LogP contribution in [0.5, 0.6) is 11.5 Å². The fraction of sp³-hybridized carbons (Fsp3) is 0.214. The second kappa shape index (κ2) is 6.51. The summed E-state index contributed by atoms with van der Waals surface area (Å²) < 4.78 is 5.51. The minimum Gasteiger partial charge on any atom is -0.447 e. The van der Waals surface area contributed by atoms with E-state index in [9.17, 15) is 10.1 Å². The number of pyridine rings is 1. The third kappa shape index (κ3) is 3.48. The van der Waals surface area contributed by atoms with Crippen LogP contribution in [0.15, 0.2) is 36.5 Å². The molecule has 21 heavy (non-hydrogen) atoms. The number of hydrogen-bond acceptors (Lipinski definition) is 5. The Kier molecular flexibility index (Phi) is 4.72. The first-order valence-electron chi connectivity index (χ1n) is 6.27. The number of benzene rings is 1. The topological polar surface area (TPSA) is 77.3 Å². The summed E-state index contributed by atoms with van der Waals surface area (Å²) in [4.78, 5) is 14.7. The van der Waals surface area contributed by atoms with Crippen molar-refractivity contribution < 1.29 is 9.66 Å². The maximum atomic E-state index is 11.0. The van der Waals surface area contributed by atoms with Crippen LogP contribution in [0.3, 0.4) is 0 Å². The molecule has 0 spiro atoms. The summed E-state index contributed by atoms with van der Waals surface area (Å²) >= 11 is 5.97. The van der Waals surface area contributed by atoms with E-state index in [4.69, 9.17) is 16.3 Å². The second-order valence-corrected chi connectivity index (χ2v) is 4.78. The molecule has 0 radical (unpaired) electrons. The highest BCUT2D eigenvalue weighted by Crippen LogP contribution is 2.37. The van der Waals surface area contributed by atoms with Crippen molar-refractivity contribution in [3.05, 3.63) is 57.4 Å². The Bertz CT molecular complexity index is 646. The number of nitro benzene ring substituents is 1. The molecular formula is C14H14ClN3O3. The van der Waals surface area contributed by atoms with Crippen molar-refractivity contribution in [2.24, 2.45) is 0 Å². The first kappa shape index (κ1) is 15.2. The molecule has 7 heteroatoms. The average molecular weight is 308 g/mol. The Morgan fingerprint density at radius 3 is 2.71 bits per heavy atom. The maximum absolute atomic E-state index is 11.0.